The molecule has 6 nitrogen and oxygen atoms in total. The minimum atomic E-state index is -0.0856. The normalized spacial score (nSPS) is 23.9. The van der Waals surface area contributed by atoms with Crippen LogP contribution in [0.2, 0.25) is 0 Å². The number of rotatable bonds is 1. The first kappa shape index (κ1) is 17.7. The van der Waals surface area contributed by atoms with E-state index >= 15 is 0 Å². The van der Waals surface area contributed by atoms with Gasteiger partial charge in [0.25, 0.3) is 0 Å². The first-order valence-corrected chi connectivity index (χ1v) is 11.0. The van der Waals surface area contributed by atoms with Crippen LogP contribution in [-0.2, 0) is 11.8 Å². The Hall–Kier alpha value is -2.18. The standard InChI is InChI=1S/C23H28N4O2/c1-7-26-19-14-23(4-10-25-11-5-23)29-20(19)17(1)16-13-18-21(27-15-16)28-12-6-22(18)2-8-24-9-3-22/h1,7,13,15,24-25H,2-6,8-12,14H2. The Kier molecular flexibility index (Phi) is 4.06. The van der Waals surface area contributed by atoms with Crippen molar-refractivity contribution in [3.8, 4) is 22.8 Å². The number of piperidine rings is 2. The topological polar surface area (TPSA) is 68.3 Å². The van der Waals surface area contributed by atoms with Crippen molar-refractivity contribution >= 4 is 0 Å². The molecule has 2 N–H and O–H groups in total. The molecule has 6 heteroatoms. The van der Waals surface area contributed by atoms with Gasteiger partial charge in [-0.15, -0.1) is 0 Å². The maximum absolute atomic E-state index is 6.63. The quantitative estimate of drug-likeness (QED) is 0.778. The Morgan fingerprint density at radius 3 is 2.55 bits per heavy atom. The summed E-state index contributed by atoms with van der Waals surface area (Å²) >= 11 is 0. The Bertz CT molecular complexity index is 932. The molecule has 2 aromatic heterocycles. The van der Waals surface area contributed by atoms with E-state index in [1.165, 1.54) is 5.56 Å². The molecule has 4 aliphatic heterocycles. The number of hydrogen-bond donors (Lipinski definition) is 2. The van der Waals surface area contributed by atoms with E-state index < -0.39 is 0 Å². The van der Waals surface area contributed by atoms with Crippen LogP contribution in [0.25, 0.3) is 11.1 Å². The maximum Gasteiger partial charge on any atom is 0.217 e. The third-order valence-electron chi connectivity index (χ3n) is 7.41. The Labute approximate surface area is 171 Å². The van der Waals surface area contributed by atoms with Gasteiger partial charge in [0, 0.05) is 53.8 Å². The monoisotopic (exact) mass is 392 g/mol. The van der Waals surface area contributed by atoms with Crippen LogP contribution in [0.4, 0.5) is 0 Å². The van der Waals surface area contributed by atoms with Crippen molar-refractivity contribution in [3.05, 3.63) is 35.8 Å². The molecule has 0 saturated carbocycles. The second kappa shape index (κ2) is 6.67. The zero-order valence-corrected chi connectivity index (χ0v) is 16.8. The SMILES string of the molecule is c1cc(-c2cnc3c(c2)C2(CCNCC2)CCO3)c2c(n1)CC1(CCNCC1)O2. The van der Waals surface area contributed by atoms with Crippen molar-refractivity contribution in [3.63, 3.8) is 0 Å². The smallest absolute Gasteiger partial charge is 0.217 e. The molecule has 2 saturated heterocycles. The summed E-state index contributed by atoms with van der Waals surface area (Å²) in [5, 5.41) is 6.95. The summed E-state index contributed by atoms with van der Waals surface area (Å²) in [4.78, 5) is 9.41. The van der Waals surface area contributed by atoms with Gasteiger partial charge in [0.15, 0.2) is 0 Å². The Morgan fingerprint density at radius 1 is 0.931 bits per heavy atom. The van der Waals surface area contributed by atoms with Gasteiger partial charge in [-0.1, -0.05) is 0 Å². The molecule has 29 heavy (non-hydrogen) atoms. The van der Waals surface area contributed by atoms with Crippen molar-refractivity contribution in [2.45, 2.75) is 49.5 Å². The van der Waals surface area contributed by atoms with Gasteiger partial charge in [0.05, 0.1) is 12.3 Å². The van der Waals surface area contributed by atoms with Gasteiger partial charge in [0.1, 0.15) is 11.4 Å². The molecule has 6 heterocycles. The number of hydrogen-bond acceptors (Lipinski definition) is 6. The molecule has 0 aliphatic carbocycles. The van der Waals surface area contributed by atoms with Crippen LogP contribution in [0.5, 0.6) is 11.6 Å². The number of nitrogens with zero attached hydrogens (tertiary/aromatic N) is 2. The van der Waals surface area contributed by atoms with Crippen LogP contribution in [0, 0.1) is 0 Å². The zero-order chi connectivity index (χ0) is 19.3. The molecule has 0 amide bonds. The highest BCUT2D eigenvalue weighted by Crippen LogP contribution is 2.48. The molecule has 0 unspecified atom stereocenters. The van der Waals surface area contributed by atoms with E-state index in [-0.39, 0.29) is 11.0 Å². The summed E-state index contributed by atoms with van der Waals surface area (Å²) in [6.45, 7) is 4.92. The highest BCUT2D eigenvalue weighted by atomic mass is 16.5. The van der Waals surface area contributed by atoms with Crippen molar-refractivity contribution in [1.29, 1.82) is 0 Å². The van der Waals surface area contributed by atoms with Gasteiger partial charge in [-0.25, -0.2) is 4.98 Å². The van der Waals surface area contributed by atoms with Gasteiger partial charge < -0.3 is 20.1 Å². The zero-order valence-electron chi connectivity index (χ0n) is 16.8. The van der Waals surface area contributed by atoms with Crippen LogP contribution in [0.3, 0.4) is 0 Å². The fourth-order valence-electron chi connectivity index (χ4n) is 5.67. The highest BCUT2D eigenvalue weighted by Gasteiger charge is 2.43. The summed E-state index contributed by atoms with van der Waals surface area (Å²) in [6, 6.07) is 4.40. The second-order valence-corrected chi connectivity index (χ2v) is 9.05. The molecule has 2 fully saturated rings. The van der Waals surface area contributed by atoms with Crippen LogP contribution >= 0.6 is 0 Å². The van der Waals surface area contributed by atoms with Crippen LogP contribution in [-0.4, -0.2) is 48.4 Å². The molecule has 0 atom stereocenters. The molecular formula is C23H28N4O2. The lowest BCUT2D eigenvalue weighted by molar-refractivity contribution is 0.0603. The van der Waals surface area contributed by atoms with Gasteiger partial charge in [-0.3, -0.25) is 4.98 Å². The summed E-state index contributed by atoms with van der Waals surface area (Å²) in [5.74, 6) is 1.79. The molecule has 6 rings (SSSR count). The maximum atomic E-state index is 6.63. The molecule has 2 aromatic rings. The lowest BCUT2D eigenvalue weighted by Crippen LogP contribution is -2.45. The van der Waals surface area contributed by atoms with E-state index in [2.05, 4.69) is 27.8 Å². The largest absolute Gasteiger partial charge is 0.484 e. The number of pyridine rings is 2. The minimum absolute atomic E-state index is 0.0856. The summed E-state index contributed by atoms with van der Waals surface area (Å²) in [5.41, 5.74) is 4.72. The molecule has 4 aliphatic rings. The molecule has 0 radical (unpaired) electrons. The molecular weight excluding hydrogens is 364 g/mol. The third kappa shape index (κ3) is 2.84. The first-order valence-electron chi connectivity index (χ1n) is 11.0. The van der Waals surface area contributed by atoms with Crippen molar-refractivity contribution in [2.24, 2.45) is 0 Å². The summed E-state index contributed by atoms with van der Waals surface area (Å²) in [6.07, 6.45) is 10.2. The fraction of sp³-hybridized carbons (Fsp3) is 0.565. The van der Waals surface area contributed by atoms with E-state index in [4.69, 9.17) is 14.5 Å². The predicted molar refractivity (Wildman–Crippen MR) is 111 cm³/mol. The van der Waals surface area contributed by atoms with E-state index in [1.54, 1.807) is 0 Å². The van der Waals surface area contributed by atoms with E-state index in [0.717, 1.165) is 99.8 Å². The predicted octanol–water partition coefficient (Wildman–Crippen LogP) is 2.60. The van der Waals surface area contributed by atoms with Gasteiger partial charge in [0.2, 0.25) is 5.88 Å². The van der Waals surface area contributed by atoms with E-state index in [1.807, 2.05) is 12.4 Å². The average molecular weight is 393 g/mol. The third-order valence-corrected chi connectivity index (χ3v) is 7.41. The van der Waals surface area contributed by atoms with Crippen LogP contribution < -0.4 is 20.1 Å². The van der Waals surface area contributed by atoms with Crippen LogP contribution in [0.15, 0.2) is 24.5 Å². The van der Waals surface area contributed by atoms with Gasteiger partial charge in [-0.05, 0) is 57.6 Å². The molecule has 0 bridgehead atoms. The number of nitrogens with one attached hydrogen (secondary N) is 2. The van der Waals surface area contributed by atoms with Gasteiger partial charge in [-0.2, -0.15) is 0 Å². The second-order valence-electron chi connectivity index (χ2n) is 9.05. The summed E-state index contributed by atoms with van der Waals surface area (Å²) < 4.78 is 12.6. The summed E-state index contributed by atoms with van der Waals surface area (Å²) in [7, 11) is 0. The highest BCUT2D eigenvalue weighted by molar-refractivity contribution is 5.73. The number of fused-ring (bicyclic) bond motifs is 3. The van der Waals surface area contributed by atoms with Crippen molar-refractivity contribution in [2.75, 3.05) is 32.8 Å². The van der Waals surface area contributed by atoms with Gasteiger partial charge >= 0.3 is 0 Å². The molecule has 152 valence electrons. The first-order chi connectivity index (χ1) is 14.3. The molecule has 0 aromatic carbocycles. The van der Waals surface area contributed by atoms with Crippen LogP contribution in [0.1, 0.15) is 43.4 Å². The Morgan fingerprint density at radius 2 is 1.72 bits per heavy atom. The number of aromatic nitrogens is 2. The lowest BCUT2D eigenvalue weighted by Gasteiger charge is -2.41. The van der Waals surface area contributed by atoms with E-state index in [0.29, 0.717) is 0 Å². The average Bonchev–Trinajstić information content (AvgIpc) is 3.12. The Balaban J connectivity index is 1.41. The number of ether oxygens (including phenoxy) is 2. The minimum Gasteiger partial charge on any atom is -0.484 e. The molecule has 2 spiro atoms. The van der Waals surface area contributed by atoms with Crippen molar-refractivity contribution in [1.82, 2.24) is 20.6 Å². The van der Waals surface area contributed by atoms with Crippen molar-refractivity contribution < 1.29 is 9.47 Å². The fourth-order valence-corrected chi connectivity index (χ4v) is 5.67. The van der Waals surface area contributed by atoms with E-state index in [9.17, 15) is 0 Å². The lowest BCUT2D eigenvalue weighted by atomic mass is 9.70.